The minimum Gasteiger partial charge on any atom is -0.467 e. The molecule has 26 heavy (non-hydrogen) atoms. The van der Waals surface area contributed by atoms with E-state index >= 15 is 0 Å². The van der Waals surface area contributed by atoms with E-state index in [0.29, 0.717) is 11.4 Å². The first kappa shape index (κ1) is 16.4. The fourth-order valence-corrected chi connectivity index (χ4v) is 3.38. The van der Waals surface area contributed by atoms with E-state index in [1.807, 2.05) is 29.2 Å². The number of carbonyl (C=O) groups is 1. The number of carbonyl (C=O) groups excluding carboxylic acids is 1. The normalized spacial score (nSPS) is 17.7. The number of amides is 1. The molecule has 6 heteroatoms. The Morgan fingerprint density at radius 1 is 1.08 bits per heavy atom. The van der Waals surface area contributed by atoms with Gasteiger partial charge in [0.15, 0.2) is 5.82 Å². The van der Waals surface area contributed by atoms with Gasteiger partial charge in [-0.2, -0.15) is 0 Å². The predicted molar refractivity (Wildman–Crippen MR) is 96.2 cm³/mol. The van der Waals surface area contributed by atoms with E-state index in [1.165, 1.54) is 0 Å². The second-order valence-corrected chi connectivity index (χ2v) is 6.41. The average molecular weight is 348 g/mol. The summed E-state index contributed by atoms with van der Waals surface area (Å²) in [6.07, 6.45) is 12.4. The maximum absolute atomic E-state index is 13.1. The van der Waals surface area contributed by atoms with Gasteiger partial charge < -0.3 is 9.32 Å². The third-order valence-corrected chi connectivity index (χ3v) is 4.72. The van der Waals surface area contributed by atoms with E-state index in [1.54, 1.807) is 31.1 Å². The Morgan fingerprint density at radius 2 is 1.88 bits per heavy atom. The van der Waals surface area contributed by atoms with Crippen molar-refractivity contribution < 1.29 is 9.21 Å². The molecule has 0 aromatic carbocycles. The van der Waals surface area contributed by atoms with E-state index in [9.17, 15) is 4.79 Å². The molecule has 0 aliphatic carbocycles. The molecule has 1 atom stereocenters. The molecule has 132 valence electrons. The average Bonchev–Trinajstić information content (AvgIpc) is 3.13. The topological polar surface area (TPSA) is 72.1 Å². The Labute approximate surface area is 151 Å². The monoisotopic (exact) mass is 348 g/mol. The minimum atomic E-state index is -0.0467. The van der Waals surface area contributed by atoms with Crippen LogP contribution < -0.4 is 0 Å². The highest BCUT2D eigenvalue weighted by Gasteiger charge is 2.29. The predicted octanol–water partition coefficient (Wildman–Crippen LogP) is 3.89. The van der Waals surface area contributed by atoms with Crippen molar-refractivity contribution in [3.05, 3.63) is 66.6 Å². The summed E-state index contributed by atoms with van der Waals surface area (Å²) in [7, 11) is 0. The summed E-state index contributed by atoms with van der Waals surface area (Å²) < 4.78 is 5.59. The summed E-state index contributed by atoms with van der Waals surface area (Å²) >= 11 is 0. The molecule has 0 N–H and O–H groups in total. The van der Waals surface area contributed by atoms with E-state index in [2.05, 4.69) is 15.0 Å². The fourth-order valence-electron chi connectivity index (χ4n) is 3.38. The van der Waals surface area contributed by atoms with Crippen molar-refractivity contribution in [3.8, 4) is 11.4 Å². The van der Waals surface area contributed by atoms with Gasteiger partial charge in [0.25, 0.3) is 5.91 Å². The summed E-state index contributed by atoms with van der Waals surface area (Å²) in [5, 5.41) is 0. The summed E-state index contributed by atoms with van der Waals surface area (Å²) in [4.78, 5) is 27.7. The molecule has 0 unspecified atom stereocenters. The number of nitrogens with zero attached hydrogens (tertiary/aromatic N) is 4. The van der Waals surface area contributed by atoms with Crippen LogP contribution in [0.1, 0.15) is 47.8 Å². The van der Waals surface area contributed by atoms with Gasteiger partial charge >= 0.3 is 0 Å². The molecule has 0 radical (unpaired) electrons. The molecular formula is C20H20N4O2. The minimum absolute atomic E-state index is 0.0279. The third kappa shape index (κ3) is 3.35. The Morgan fingerprint density at radius 3 is 2.62 bits per heavy atom. The van der Waals surface area contributed by atoms with Gasteiger partial charge in [0.2, 0.25) is 0 Å². The molecule has 1 amide bonds. The van der Waals surface area contributed by atoms with E-state index < -0.39 is 0 Å². The molecule has 0 saturated carbocycles. The van der Waals surface area contributed by atoms with Crippen LogP contribution in [0.25, 0.3) is 11.4 Å². The largest absolute Gasteiger partial charge is 0.467 e. The molecule has 1 fully saturated rings. The van der Waals surface area contributed by atoms with Crippen molar-refractivity contribution >= 4 is 5.91 Å². The van der Waals surface area contributed by atoms with Gasteiger partial charge in [-0.25, -0.2) is 9.97 Å². The number of likely N-dealkylation sites (tertiary alicyclic amines) is 1. The zero-order chi connectivity index (χ0) is 17.8. The number of hydrogen-bond acceptors (Lipinski definition) is 5. The maximum atomic E-state index is 13.1. The van der Waals surface area contributed by atoms with Crippen molar-refractivity contribution in [2.75, 3.05) is 6.54 Å². The van der Waals surface area contributed by atoms with Crippen LogP contribution in [0.2, 0.25) is 0 Å². The number of rotatable bonds is 3. The SMILES string of the molecule is O=C(c1cnc(-c2ccncc2)nc1)N1CCCCC[C@@H]1c1ccco1. The molecule has 3 aromatic rings. The maximum Gasteiger partial charge on any atom is 0.257 e. The highest BCUT2D eigenvalue weighted by molar-refractivity contribution is 5.94. The van der Waals surface area contributed by atoms with Crippen molar-refractivity contribution in [3.63, 3.8) is 0 Å². The highest BCUT2D eigenvalue weighted by atomic mass is 16.3. The first-order valence-corrected chi connectivity index (χ1v) is 8.90. The number of pyridine rings is 1. The molecule has 3 aromatic heterocycles. The van der Waals surface area contributed by atoms with E-state index in [0.717, 1.165) is 43.6 Å². The number of aromatic nitrogens is 3. The lowest BCUT2D eigenvalue weighted by Gasteiger charge is -2.28. The van der Waals surface area contributed by atoms with E-state index in [-0.39, 0.29) is 11.9 Å². The molecule has 6 nitrogen and oxygen atoms in total. The van der Waals surface area contributed by atoms with Gasteiger partial charge in [0, 0.05) is 36.9 Å². The van der Waals surface area contributed by atoms with Crippen LogP contribution in [0.15, 0.2) is 59.7 Å². The second kappa shape index (κ2) is 7.47. The molecule has 1 saturated heterocycles. The quantitative estimate of drug-likeness (QED) is 0.718. The lowest BCUT2D eigenvalue weighted by molar-refractivity contribution is 0.0657. The molecule has 1 aliphatic rings. The van der Waals surface area contributed by atoms with Crippen LogP contribution in [0.5, 0.6) is 0 Å². The van der Waals surface area contributed by atoms with Gasteiger partial charge in [0.05, 0.1) is 17.9 Å². The molecule has 1 aliphatic heterocycles. The third-order valence-electron chi connectivity index (χ3n) is 4.72. The first-order chi connectivity index (χ1) is 12.8. The van der Waals surface area contributed by atoms with Crippen molar-refractivity contribution in [2.45, 2.75) is 31.7 Å². The van der Waals surface area contributed by atoms with Crippen LogP contribution in [-0.4, -0.2) is 32.3 Å². The van der Waals surface area contributed by atoms with Crippen molar-refractivity contribution in [1.82, 2.24) is 19.9 Å². The highest BCUT2D eigenvalue weighted by Crippen LogP contribution is 2.31. The Hall–Kier alpha value is -3.02. The Bertz CT molecular complexity index is 847. The molecule has 4 rings (SSSR count). The molecule has 4 heterocycles. The van der Waals surface area contributed by atoms with Crippen molar-refractivity contribution in [2.24, 2.45) is 0 Å². The van der Waals surface area contributed by atoms with Gasteiger partial charge in [-0.15, -0.1) is 0 Å². The second-order valence-electron chi connectivity index (χ2n) is 6.41. The zero-order valence-corrected chi connectivity index (χ0v) is 14.4. The van der Waals surface area contributed by atoms with Crippen molar-refractivity contribution in [1.29, 1.82) is 0 Å². The summed E-state index contributed by atoms with van der Waals surface area (Å²) in [6.45, 7) is 0.719. The summed E-state index contributed by atoms with van der Waals surface area (Å²) in [6, 6.07) is 7.48. The van der Waals surface area contributed by atoms with Crippen LogP contribution in [0.4, 0.5) is 0 Å². The van der Waals surface area contributed by atoms with Gasteiger partial charge in [-0.05, 0) is 37.1 Å². The van der Waals surface area contributed by atoms with E-state index in [4.69, 9.17) is 4.42 Å². The Kier molecular flexibility index (Phi) is 4.73. The molecule has 0 spiro atoms. The first-order valence-electron chi connectivity index (χ1n) is 8.90. The molecule has 0 bridgehead atoms. The number of furan rings is 1. The van der Waals surface area contributed by atoms with Crippen LogP contribution in [0, 0.1) is 0 Å². The lowest BCUT2D eigenvalue weighted by atomic mass is 10.1. The smallest absolute Gasteiger partial charge is 0.257 e. The van der Waals surface area contributed by atoms with Crippen LogP contribution in [-0.2, 0) is 0 Å². The van der Waals surface area contributed by atoms with Crippen LogP contribution >= 0.6 is 0 Å². The standard InChI is InChI=1S/C20H20N4O2/c25-20(16-13-22-19(23-14-16)15-7-9-21-10-8-15)24-11-3-1-2-5-17(24)18-6-4-12-26-18/h4,6-10,12-14,17H,1-3,5,11H2/t17-/m1/s1. The Balaban J connectivity index is 1.59. The van der Waals surface area contributed by atoms with Crippen LogP contribution in [0.3, 0.4) is 0 Å². The molecular weight excluding hydrogens is 328 g/mol. The van der Waals surface area contributed by atoms with Gasteiger partial charge in [0.1, 0.15) is 5.76 Å². The van der Waals surface area contributed by atoms with Gasteiger partial charge in [-0.1, -0.05) is 12.8 Å². The zero-order valence-electron chi connectivity index (χ0n) is 14.4. The van der Waals surface area contributed by atoms with Gasteiger partial charge in [-0.3, -0.25) is 9.78 Å². The lowest BCUT2D eigenvalue weighted by Crippen LogP contribution is -2.34. The summed E-state index contributed by atoms with van der Waals surface area (Å²) in [5.41, 5.74) is 1.38. The fraction of sp³-hybridized carbons (Fsp3) is 0.300. The number of hydrogen-bond donors (Lipinski definition) is 0. The summed E-state index contributed by atoms with van der Waals surface area (Å²) in [5.74, 6) is 1.38.